The SMILES string of the molecule is COC(=O)c1cccc(Cn2nc(-c3nc(-c4ccc(SC(F)(F)F)cc4)no3)cc2C)c1. The Bertz CT molecular complexity index is 1280. The molecule has 0 spiro atoms. The molecule has 170 valence electrons. The number of alkyl halides is 3. The first-order valence-electron chi connectivity index (χ1n) is 9.64. The number of esters is 1. The van der Waals surface area contributed by atoms with Crippen molar-refractivity contribution in [3.8, 4) is 23.0 Å². The molecule has 4 aromatic rings. The Morgan fingerprint density at radius 3 is 2.61 bits per heavy atom. The molecule has 0 aliphatic rings. The Morgan fingerprint density at radius 2 is 1.91 bits per heavy atom. The van der Waals surface area contributed by atoms with Crippen LogP contribution in [0.5, 0.6) is 0 Å². The zero-order valence-electron chi connectivity index (χ0n) is 17.5. The summed E-state index contributed by atoms with van der Waals surface area (Å²) in [6.07, 6.45) is 0. The molecule has 0 unspecified atom stereocenters. The van der Waals surface area contributed by atoms with Crippen LogP contribution in [0.2, 0.25) is 0 Å². The minimum atomic E-state index is -4.35. The summed E-state index contributed by atoms with van der Waals surface area (Å²) in [5.41, 5.74) is -1.23. The van der Waals surface area contributed by atoms with Gasteiger partial charge in [0.15, 0.2) is 5.69 Å². The number of ether oxygens (including phenoxy) is 1. The van der Waals surface area contributed by atoms with Crippen LogP contribution < -0.4 is 0 Å². The van der Waals surface area contributed by atoms with Gasteiger partial charge in [0.2, 0.25) is 5.82 Å². The molecule has 2 aromatic heterocycles. The van der Waals surface area contributed by atoms with Gasteiger partial charge in [0.1, 0.15) is 0 Å². The number of nitrogens with zero attached hydrogens (tertiary/aromatic N) is 4. The van der Waals surface area contributed by atoms with Crippen LogP contribution >= 0.6 is 11.8 Å². The van der Waals surface area contributed by atoms with E-state index in [0.717, 1.165) is 11.3 Å². The maximum atomic E-state index is 12.5. The molecule has 7 nitrogen and oxygen atoms in total. The monoisotopic (exact) mass is 474 g/mol. The third kappa shape index (κ3) is 5.43. The predicted octanol–water partition coefficient (Wildman–Crippen LogP) is 5.36. The predicted molar refractivity (Wildman–Crippen MR) is 114 cm³/mol. The highest BCUT2D eigenvalue weighted by molar-refractivity contribution is 8.00. The van der Waals surface area contributed by atoms with E-state index < -0.39 is 11.5 Å². The lowest BCUT2D eigenvalue weighted by atomic mass is 10.1. The van der Waals surface area contributed by atoms with Gasteiger partial charge in [-0.05, 0) is 66.7 Å². The second kappa shape index (κ2) is 9.10. The molecule has 0 saturated heterocycles. The van der Waals surface area contributed by atoms with E-state index in [1.807, 2.05) is 13.0 Å². The summed E-state index contributed by atoms with van der Waals surface area (Å²) < 4.78 is 49.3. The van der Waals surface area contributed by atoms with Crippen LogP contribution in [0.3, 0.4) is 0 Å². The average Bonchev–Trinajstić information content (AvgIpc) is 3.40. The number of rotatable bonds is 6. The molecule has 33 heavy (non-hydrogen) atoms. The van der Waals surface area contributed by atoms with Crippen molar-refractivity contribution in [3.05, 3.63) is 71.4 Å². The number of aromatic nitrogens is 4. The van der Waals surface area contributed by atoms with Crippen molar-refractivity contribution in [3.63, 3.8) is 0 Å². The smallest absolute Gasteiger partial charge is 0.446 e. The molecule has 0 atom stereocenters. The van der Waals surface area contributed by atoms with E-state index in [-0.39, 0.29) is 28.4 Å². The summed E-state index contributed by atoms with van der Waals surface area (Å²) in [5.74, 6) is 0.00796. The highest BCUT2D eigenvalue weighted by Gasteiger charge is 2.29. The second-order valence-electron chi connectivity index (χ2n) is 7.02. The second-order valence-corrected chi connectivity index (χ2v) is 8.15. The zero-order chi connectivity index (χ0) is 23.6. The largest absolute Gasteiger partial charge is 0.465 e. The van der Waals surface area contributed by atoms with Gasteiger partial charge in [-0.25, -0.2) is 4.79 Å². The Kier molecular flexibility index (Phi) is 6.23. The van der Waals surface area contributed by atoms with E-state index >= 15 is 0 Å². The van der Waals surface area contributed by atoms with Crippen LogP contribution in [0.15, 0.2) is 64.0 Å². The van der Waals surface area contributed by atoms with Gasteiger partial charge in [0.25, 0.3) is 5.89 Å². The van der Waals surface area contributed by atoms with Crippen LogP contribution in [0.4, 0.5) is 13.2 Å². The van der Waals surface area contributed by atoms with Crippen molar-refractivity contribution in [1.29, 1.82) is 0 Å². The van der Waals surface area contributed by atoms with E-state index in [1.165, 1.54) is 31.4 Å². The number of carbonyl (C=O) groups is 1. The van der Waals surface area contributed by atoms with Gasteiger partial charge >= 0.3 is 11.5 Å². The Balaban J connectivity index is 1.52. The number of carbonyl (C=O) groups excluding carboxylic acids is 1. The Morgan fingerprint density at radius 1 is 1.15 bits per heavy atom. The lowest BCUT2D eigenvalue weighted by Gasteiger charge is -2.06. The van der Waals surface area contributed by atoms with Crippen molar-refractivity contribution in [2.45, 2.75) is 23.9 Å². The summed E-state index contributed by atoms with van der Waals surface area (Å²) in [6, 6.07) is 14.5. The number of hydrogen-bond donors (Lipinski definition) is 0. The van der Waals surface area contributed by atoms with Crippen molar-refractivity contribution < 1.29 is 27.2 Å². The van der Waals surface area contributed by atoms with Crippen molar-refractivity contribution in [2.75, 3.05) is 7.11 Å². The Labute approximate surface area is 190 Å². The molecular weight excluding hydrogens is 457 g/mol. The van der Waals surface area contributed by atoms with E-state index in [0.29, 0.717) is 23.4 Å². The fourth-order valence-corrected chi connectivity index (χ4v) is 3.65. The highest BCUT2D eigenvalue weighted by atomic mass is 32.2. The molecule has 0 amide bonds. The number of halogens is 3. The van der Waals surface area contributed by atoms with Gasteiger partial charge in [-0.1, -0.05) is 17.3 Å². The van der Waals surface area contributed by atoms with Gasteiger partial charge < -0.3 is 9.26 Å². The van der Waals surface area contributed by atoms with Crippen molar-refractivity contribution in [2.24, 2.45) is 0 Å². The van der Waals surface area contributed by atoms with Gasteiger partial charge in [-0.3, -0.25) is 4.68 Å². The maximum absolute atomic E-state index is 12.5. The van der Waals surface area contributed by atoms with E-state index in [1.54, 1.807) is 28.9 Å². The first kappa shape index (κ1) is 22.6. The first-order chi connectivity index (χ1) is 15.7. The average molecular weight is 474 g/mol. The first-order valence-corrected chi connectivity index (χ1v) is 10.5. The van der Waals surface area contributed by atoms with Crippen LogP contribution in [-0.2, 0) is 11.3 Å². The third-order valence-corrected chi connectivity index (χ3v) is 5.39. The van der Waals surface area contributed by atoms with Gasteiger partial charge in [0, 0.05) is 16.2 Å². The normalized spacial score (nSPS) is 11.5. The number of benzene rings is 2. The van der Waals surface area contributed by atoms with Gasteiger partial charge in [-0.2, -0.15) is 23.3 Å². The number of methoxy groups -OCH3 is 1. The number of thioether (sulfide) groups is 1. The lowest BCUT2D eigenvalue weighted by molar-refractivity contribution is -0.0328. The molecule has 0 saturated carbocycles. The molecule has 0 aliphatic carbocycles. The summed E-state index contributed by atoms with van der Waals surface area (Å²) in [4.78, 5) is 16.1. The van der Waals surface area contributed by atoms with Crippen LogP contribution in [-0.4, -0.2) is 38.5 Å². The Hall–Kier alpha value is -3.60. The molecule has 0 N–H and O–H groups in total. The lowest BCUT2D eigenvalue weighted by Crippen LogP contribution is -2.06. The van der Waals surface area contributed by atoms with Crippen LogP contribution in [0.1, 0.15) is 21.6 Å². The zero-order valence-corrected chi connectivity index (χ0v) is 18.3. The molecule has 11 heteroatoms. The molecule has 2 aromatic carbocycles. The summed E-state index contributed by atoms with van der Waals surface area (Å²) in [5, 5.41) is 8.42. The molecule has 0 bridgehead atoms. The summed E-state index contributed by atoms with van der Waals surface area (Å²) >= 11 is -0.187. The fourth-order valence-electron chi connectivity index (χ4n) is 3.11. The highest BCUT2D eigenvalue weighted by Crippen LogP contribution is 2.37. The van der Waals surface area contributed by atoms with E-state index in [9.17, 15) is 18.0 Å². The molecule has 2 heterocycles. The van der Waals surface area contributed by atoms with Gasteiger partial charge in [-0.15, -0.1) is 0 Å². The molecular formula is C22H17F3N4O3S. The van der Waals surface area contributed by atoms with Crippen LogP contribution in [0, 0.1) is 6.92 Å². The summed E-state index contributed by atoms with van der Waals surface area (Å²) in [7, 11) is 1.33. The minimum Gasteiger partial charge on any atom is -0.465 e. The van der Waals surface area contributed by atoms with Crippen molar-refractivity contribution in [1.82, 2.24) is 19.9 Å². The quantitative estimate of drug-likeness (QED) is 0.275. The molecule has 0 aliphatic heterocycles. The standard InChI is InChI=1S/C22H17F3N4O3S/c1-13-10-18(27-29(13)12-14-4-3-5-16(11-14)21(30)31-2)20-26-19(28-32-20)15-6-8-17(9-7-15)33-22(23,24)25/h3-11H,12H2,1-2H3. The van der Waals surface area contributed by atoms with Crippen molar-refractivity contribution >= 4 is 17.7 Å². The van der Waals surface area contributed by atoms with Crippen LogP contribution in [0.25, 0.3) is 23.0 Å². The number of aryl methyl sites for hydroxylation is 1. The number of hydrogen-bond acceptors (Lipinski definition) is 7. The van der Waals surface area contributed by atoms with E-state index in [4.69, 9.17) is 9.26 Å². The van der Waals surface area contributed by atoms with Gasteiger partial charge in [0.05, 0.1) is 19.2 Å². The molecule has 0 radical (unpaired) electrons. The third-order valence-electron chi connectivity index (χ3n) is 4.65. The maximum Gasteiger partial charge on any atom is 0.446 e. The summed E-state index contributed by atoms with van der Waals surface area (Å²) in [6.45, 7) is 2.28. The molecule has 4 rings (SSSR count). The minimum absolute atomic E-state index is 0.0700. The topological polar surface area (TPSA) is 83.0 Å². The fraction of sp³-hybridized carbons (Fsp3) is 0.182. The van der Waals surface area contributed by atoms with E-state index in [2.05, 4.69) is 15.2 Å². The molecule has 0 fully saturated rings.